The second kappa shape index (κ2) is 11.5. The molecule has 0 bridgehead atoms. The number of rotatable bonds is 8. The fourth-order valence-electron chi connectivity index (χ4n) is 5.46. The predicted octanol–water partition coefficient (Wildman–Crippen LogP) is 5.65. The van der Waals surface area contributed by atoms with Crippen molar-refractivity contribution in [3.63, 3.8) is 0 Å². The van der Waals surface area contributed by atoms with Crippen LogP contribution in [0.3, 0.4) is 0 Å². The number of Topliss-reactive ketones (excluding diaryl/α,β-unsaturated/α-hetero) is 1. The van der Waals surface area contributed by atoms with Crippen molar-refractivity contribution < 1.29 is 30.8 Å². The number of aryl methyl sites for hydroxylation is 1. The molecule has 218 valence electrons. The van der Waals surface area contributed by atoms with Crippen LogP contribution in [0.4, 0.5) is 23.5 Å². The average molecular weight is 591 g/mol. The van der Waals surface area contributed by atoms with E-state index in [0.717, 1.165) is 43.7 Å². The summed E-state index contributed by atoms with van der Waals surface area (Å²) in [6.07, 6.45) is -1.38. The molecule has 5 rings (SSSR count). The number of carbonyl (C=O) groups excluding carboxylic acids is 1. The Bertz CT molecular complexity index is 1510. The van der Waals surface area contributed by atoms with Gasteiger partial charge in [0.1, 0.15) is 5.82 Å². The van der Waals surface area contributed by atoms with Gasteiger partial charge in [0.25, 0.3) is 0 Å². The van der Waals surface area contributed by atoms with Crippen LogP contribution in [0.2, 0.25) is 0 Å². The van der Waals surface area contributed by atoms with Gasteiger partial charge in [-0.1, -0.05) is 12.1 Å². The van der Waals surface area contributed by atoms with Crippen molar-refractivity contribution in [2.45, 2.75) is 68.6 Å². The van der Waals surface area contributed by atoms with Crippen molar-refractivity contribution in [3.05, 3.63) is 71.7 Å². The monoisotopic (exact) mass is 590 g/mol. The molecule has 7 nitrogen and oxygen atoms in total. The van der Waals surface area contributed by atoms with E-state index in [0.29, 0.717) is 35.7 Å². The molecule has 0 radical (unpaired) electrons. The van der Waals surface area contributed by atoms with Crippen LogP contribution in [-0.4, -0.2) is 53.6 Å². The van der Waals surface area contributed by atoms with Crippen LogP contribution < -0.4 is 4.90 Å². The van der Waals surface area contributed by atoms with Crippen molar-refractivity contribution in [1.29, 1.82) is 0 Å². The first kappa shape index (κ1) is 29.1. The highest BCUT2D eigenvalue weighted by Gasteiger charge is 2.39. The van der Waals surface area contributed by atoms with E-state index < -0.39 is 33.6 Å². The van der Waals surface area contributed by atoms with E-state index in [9.17, 15) is 30.8 Å². The van der Waals surface area contributed by atoms with Gasteiger partial charge in [0.2, 0.25) is 16.0 Å². The molecule has 2 aliphatic heterocycles. The molecule has 0 aliphatic carbocycles. The molecule has 2 aliphatic rings. The summed E-state index contributed by atoms with van der Waals surface area (Å²) in [6, 6.07) is 10.3. The van der Waals surface area contributed by atoms with Crippen LogP contribution in [0.5, 0.6) is 0 Å². The molecule has 0 spiro atoms. The summed E-state index contributed by atoms with van der Waals surface area (Å²) >= 11 is 0. The van der Waals surface area contributed by atoms with Crippen LogP contribution >= 0.6 is 0 Å². The van der Waals surface area contributed by atoms with E-state index in [-0.39, 0.29) is 36.1 Å². The van der Waals surface area contributed by atoms with Gasteiger partial charge in [-0.3, -0.25) is 4.79 Å². The van der Waals surface area contributed by atoms with Gasteiger partial charge in [-0.05, 0) is 81.5 Å². The number of hydrogen-bond acceptors (Lipinski definition) is 6. The second-order valence-corrected chi connectivity index (χ2v) is 12.4. The van der Waals surface area contributed by atoms with Crippen LogP contribution in [0, 0.1) is 5.82 Å². The summed E-state index contributed by atoms with van der Waals surface area (Å²) in [5, 5.41) is 0. The van der Waals surface area contributed by atoms with E-state index in [1.54, 1.807) is 6.07 Å². The molecule has 0 amide bonds. The average Bonchev–Trinajstić information content (AvgIpc) is 3.61. The van der Waals surface area contributed by atoms with Crippen LogP contribution in [0.15, 0.2) is 59.5 Å². The summed E-state index contributed by atoms with van der Waals surface area (Å²) in [5.74, 6) is -0.351. The van der Waals surface area contributed by atoms with Crippen molar-refractivity contribution >= 4 is 21.8 Å². The maximum absolute atomic E-state index is 13.3. The molecule has 2 aromatic carbocycles. The van der Waals surface area contributed by atoms with Gasteiger partial charge in [-0.25, -0.2) is 22.8 Å². The van der Waals surface area contributed by atoms with Gasteiger partial charge >= 0.3 is 6.18 Å². The predicted molar refractivity (Wildman–Crippen MR) is 145 cm³/mol. The van der Waals surface area contributed by atoms with Gasteiger partial charge in [0.15, 0.2) is 5.78 Å². The highest BCUT2D eigenvalue weighted by Crippen LogP contribution is 2.32. The second-order valence-electron chi connectivity index (χ2n) is 10.5. The molecule has 1 aromatic heterocycles. The fraction of sp³-hybridized carbons (Fsp3) is 0.414. The molecule has 0 unspecified atom stereocenters. The summed E-state index contributed by atoms with van der Waals surface area (Å²) in [6.45, 7) is 2.99. The summed E-state index contributed by atoms with van der Waals surface area (Å²) < 4.78 is 80.2. The van der Waals surface area contributed by atoms with Gasteiger partial charge in [0.05, 0.1) is 22.2 Å². The number of benzene rings is 2. The van der Waals surface area contributed by atoms with Crippen LogP contribution in [0.1, 0.15) is 50.3 Å². The normalized spacial score (nSPS) is 20.1. The molecule has 2 atom stereocenters. The fourth-order valence-corrected chi connectivity index (χ4v) is 7.14. The third kappa shape index (κ3) is 6.28. The molecule has 41 heavy (non-hydrogen) atoms. The van der Waals surface area contributed by atoms with Gasteiger partial charge in [-0.2, -0.15) is 17.5 Å². The number of aromatic nitrogens is 2. The molecular formula is C29H30F4N4O3S. The van der Waals surface area contributed by atoms with Crippen LogP contribution in [-0.2, 0) is 27.4 Å². The maximum atomic E-state index is 13.3. The Hall–Kier alpha value is -3.38. The number of halogens is 4. The molecule has 0 N–H and O–H groups in total. The zero-order chi connectivity index (χ0) is 29.4. The quantitative estimate of drug-likeness (QED) is 0.316. The molecule has 2 saturated heterocycles. The van der Waals surface area contributed by atoms with Gasteiger partial charge in [-0.15, -0.1) is 0 Å². The molecule has 3 heterocycles. The standard InChI is InChI=1S/C29H30F4N4O3S/c1-19-4-2-16-36(19)28-34-23(18-25(35-28)20-6-8-21(9-7-20)29(31,32)33)12-15-27(38)26-5-3-17-37(26)41(39,40)24-13-10-22(30)11-14-24/h6-11,13-14,18-19,26H,2-5,12,15-17H2,1H3/t19-,26-/m0/s1. The van der Waals surface area contributed by atoms with Crippen LogP contribution in [0.25, 0.3) is 11.3 Å². The first-order valence-electron chi connectivity index (χ1n) is 13.6. The number of alkyl halides is 3. The number of carbonyl (C=O) groups is 1. The first-order chi connectivity index (χ1) is 19.4. The Labute approximate surface area is 236 Å². The van der Waals surface area contributed by atoms with E-state index in [4.69, 9.17) is 0 Å². The topological polar surface area (TPSA) is 83.5 Å². The minimum absolute atomic E-state index is 0.0264. The van der Waals surface area contributed by atoms with E-state index in [2.05, 4.69) is 16.9 Å². The third-order valence-electron chi connectivity index (χ3n) is 7.71. The molecule has 2 fully saturated rings. The van der Waals surface area contributed by atoms with Gasteiger partial charge < -0.3 is 4.90 Å². The molecular weight excluding hydrogens is 560 g/mol. The Morgan fingerprint density at radius 2 is 1.66 bits per heavy atom. The lowest BCUT2D eigenvalue weighted by molar-refractivity contribution is -0.137. The number of hydrogen-bond donors (Lipinski definition) is 0. The Balaban J connectivity index is 1.37. The minimum atomic E-state index is -4.45. The van der Waals surface area contributed by atoms with E-state index >= 15 is 0 Å². The largest absolute Gasteiger partial charge is 0.416 e. The minimum Gasteiger partial charge on any atom is -0.338 e. The summed E-state index contributed by atoms with van der Waals surface area (Å²) in [4.78, 5) is 24.6. The lowest BCUT2D eigenvalue weighted by Crippen LogP contribution is -2.40. The van der Waals surface area contributed by atoms with Gasteiger partial charge in [0, 0.05) is 36.8 Å². The number of ketones is 1. The lowest BCUT2D eigenvalue weighted by atomic mass is 10.0. The Morgan fingerprint density at radius 1 is 0.976 bits per heavy atom. The van der Waals surface area contributed by atoms with E-state index in [1.807, 2.05) is 4.90 Å². The number of nitrogens with zero attached hydrogens (tertiary/aromatic N) is 4. The third-order valence-corrected chi connectivity index (χ3v) is 9.63. The van der Waals surface area contributed by atoms with Crippen molar-refractivity contribution in [3.8, 4) is 11.3 Å². The summed E-state index contributed by atoms with van der Waals surface area (Å²) in [7, 11) is -3.98. The lowest BCUT2D eigenvalue weighted by Gasteiger charge is -2.24. The van der Waals surface area contributed by atoms with Crippen molar-refractivity contribution in [2.24, 2.45) is 0 Å². The van der Waals surface area contributed by atoms with Crippen molar-refractivity contribution in [2.75, 3.05) is 18.0 Å². The Kier molecular flexibility index (Phi) is 8.15. The molecule has 3 aromatic rings. The van der Waals surface area contributed by atoms with E-state index in [1.165, 1.54) is 28.6 Å². The summed E-state index contributed by atoms with van der Waals surface area (Å²) in [5.41, 5.74) is 0.731. The maximum Gasteiger partial charge on any atom is 0.416 e. The van der Waals surface area contributed by atoms with Crippen molar-refractivity contribution in [1.82, 2.24) is 14.3 Å². The highest BCUT2D eigenvalue weighted by atomic mass is 32.2. The molecule has 0 saturated carbocycles. The molecule has 12 heteroatoms. The Morgan fingerprint density at radius 3 is 2.29 bits per heavy atom. The number of anilines is 1. The SMILES string of the molecule is C[C@H]1CCCN1c1nc(CCC(=O)[C@@H]2CCCN2S(=O)(=O)c2ccc(F)cc2)cc(-c2ccc(C(F)(F)F)cc2)n1. The zero-order valence-corrected chi connectivity index (χ0v) is 23.3. The first-order valence-corrected chi connectivity index (χ1v) is 15.0. The highest BCUT2D eigenvalue weighted by molar-refractivity contribution is 7.89. The number of sulfonamides is 1. The smallest absolute Gasteiger partial charge is 0.338 e. The zero-order valence-electron chi connectivity index (χ0n) is 22.4.